The minimum absolute atomic E-state index is 0.620. The number of nitrogens with zero attached hydrogens (tertiary/aromatic N) is 2. The number of allylic oxidation sites excluding steroid dienone is 1. The molecule has 0 aromatic heterocycles. The number of sulfonamides is 1. The molecule has 1 aliphatic rings. The van der Waals surface area contributed by atoms with Gasteiger partial charge in [-0.3, -0.25) is 4.90 Å². The lowest BCUT2D eigenvalue weighted by Gasteiger charge is -2.19. The van der Waals surface area contributed by atoms with E-state index in [2.05, 4.69) is 24.8 Å². The maximum Gasteiger partial charge on any atom is 0.211 e. The number of hydrogen-bond acceptors (Lipinski definition) is 3. The van der Waals surface area contributed by atoms with Gasteiger partial charge in [-0.15, -0.1) is 0 Å². The first-order chi connectivity index (χ1) is 7.39. The van der Waals surface area contributed by atoms with Gasteiger partial charge in [0.05, 0.1) is 6.26 Å². The van der Waals surface area contributed by atoms with Crippen molar-refractivity contribution >= 4 is 10.0 Å². The van der Waals surface area contributed by atoms with Gasteiger partial charge < -0.3 is 0 Å². The Kier molecular flexibility index (Phi) is 4.95. The van der Waals surface area contributed by atoms with Crippen molar-refractivity contribution in [1.29, 1.82) is 0 Å². The van der Waals surface area contributed by atoms with E-state index in [1.165, 1.54) is 11.8 Å². The third-order valence-corrected chi connectivity index (χ3v) is 4.08. The van der Waals surface area contributed by atoms with E-state index in [4.69, 9.17) is 0 Å². The first-order valence-electron chi connectivity index (χ1n) is 5.70. The van der Waals surface area contributed by atoms with Crippen LogP contribution in [0.2, 0.25) is 0 Å². The molecule has 1 heterocycles. The molecule has 0 aliphatic carbocycles. The predicted octanol–water partition coefficient (Wildman–Crippen LogP) is 0.920. The first-order valence-corrected chi connectivity index (χ1v) is 7.55. The molecule has 0 unspecified atom stereocenters. The van der Waals surface area contributed by atoms with Gasteiger partial charge in [-0.25, -0.2) is 12.7 Å². The normalized spacial score (nSPS) is 20.4. The largest absolute Gasteiger partial charge is 0.298 e. The summed E-state index contributed by atoms with van der Waals surface area (Å²) in [7, 11) is -3.01. The van der Waals surface area contributed by atoms with Gasteiger partial charge in [-0.2, -0.15) is 0 Å². The summed E-state index contributed by atoms with van der Waals surface area (Å²) in [5.41, 5.74) is 1.31. The van der Waals surface area contributed by atoms with Crippen molar-refractivity contribution < 1.29 is 8.42 Å². The Bertz CT molecular complexity index is 345. The van der Waals surface area contributed by atoms with Gasteiger partial charge in [0, 0.05) is 26.2 Å². The van der Waals surface area contributed by atoms with Crippen molar-refractivity contribution in [3.8, 4) is 0 Å². The molecule has 0 aromatic carbocycles. The molecule has 0 atom stereocenters. The molecule has 94 valence electrons. The molecule has 0 bridgehead atoms. The van der Waals surface area contributed by atoms with E-state index < -0.39 is 10.0 Å². The second kappa shape index (κ2) is 5.80. The molecule has 1 saturated heterocycles. The zero-order valence-electron chi connectivity index (χ0n) is 10.4. The van der Waals surface area contributed by atoms with Crippen LogP contribution in [0.15, 0.2) is 11.6 Å². The van der Waals surface area contributed by atoms with Gasteiger partial charge in [-0.05, 0) is 26.8 Å². The van der Waals surface area contributed by atoms with E-state index in [1.807, 2.05) is 0 Å². The van der Waals surface area contributed by atoms with Crippen LogP contribution in [0.3, 0.4) is 0 Å². The molecule has 0 aromatic rings. The second-order valence-electron chi connectivity index (χ2n) is 4.60. The van der Waals surface area contributed by atoms with Gasteiger partial charge in [0.25, 0.3) is 0 Å². The number of rotatable bonds is 3. The summed E-state index contributed by atoms with van der Waals surface area (Å²) in [6.07, 6.45) is 4.40. The molecular weight excluding hydrogens is 224 g/mol. The van der Waals surface area contributed by atoms with Crippen LogP contribution in [0.1, 0.15) is 20.3 Å². The van der Waals surface area contributed by atoms with Gasteiger partial charge in [-0.1, -0.05) is 11.6 Å². The van der Waals surface area contributed by atoms with Crippen LogP contribution in [0.5, 0.6) is 0 Å². The lowest BCUT2D eigenvalue weighted by Crippen LogP contribution is -2.34. The molecule has 0 amide bonds. The molecule has 5 heteroatoms. The molecule has 1 rings (SSSR count). The Hall–Kier alpha value is -0.390. The van der Waals surface area contributed by atoms with Crippen LogP contribution in [-0.2, 0) is 10.0 Å². The predicted molar refractivity (Wildman–Crippen MR) is 66.9 cm³/mol. The summed E-state index contributed by atoms with van der Waals surface area (Å²) >= 11 is 0. The van der Waals surface area contributed by atoms with Crippen LogP contribution >= 0.6 is 0 Å². The fourth-order valence-corrected chi connectivity index (χ4v) is 2.65. The van der Waals surface area contributed by atoms with E-state index >= 15 is 0 Å². The van der Waals surface area contributed by atoms with E-state index in [-0.39, 0.29) is 0 Å². The smallest absolute Gasteiger partial charge is 0.211 e. The Labute approximate surface area is 99.0 Å². The topological polar surface area (TPSA) is 40.6 Å². The Morgan fingerprint density at radius 1 is 1.19 bits per heavy atom. The van der Waals surface area contributed by atoms with Crippen LogP contribution < -0.4 is 0 Å². The zero-order valence-corrected chi connectivity index (χ0v) is 11.3. The van der Waals surface area contributed by atoms with Crippen molar-refractivity contribution in [2.75, 3.05) is 39.0 Å². The van der Waals surface area contributed by atoms with Gasteiger partial charge >= 0.3 is 0 Å². The standard InChI is InChI=1S/C11H22N2O2S/c1-11(2)5-8-12-6-4-7-13(10-9-12)16(3,14)15/h5H,4,6-10H2,1-3H3. The first kappa shape index (κ1) is 13.7. The quantitative estimate of drug-likeness (QED) is 0.695. The third kappa shape index (κ3) is 4.63. The Morgan fingerprint density at radius 3 is 2.44 bits per heavy atom. The summed E-state index contributed by atoms with van der Waals surface area (Å²) in [6, 6.07) is 0. The molecule has 0 spiro atoms. The van der Waals surface area contributed by atoms with Gasteiger partial charge in [0.2, 0.25) is 10.0 Å². The molecular formula is C11H22N2O2S. The van der Waals surface area contributed by atoms with Crippen molar-refractivity contribution in [3.63, 3.8) is 0 Å². The third-order valence-electron chi connectivity index (χ3n) is 2.77. The number of hydrogen-bond donors (Lipinski definition) is 0. The Morgan fingerprint density at radius 2 is 1.88 bits per heavy atom. The molecule has 0 radical (unpaired) electrons. The molecule has 1 aliphatic heterocycles. The molecule has 1 fully saturated rings. The lowest BCUT2D eigenvalue weighted by atomic mass is 10.3. The maximum absolute atomic E-state index is 11.4. The fourth-order valence-electron chi connectivity index (χ4n) is 1.77. The van der Waals surface area contributed by atoms with Crippen molar-refractivity contribution in [2.45, 2.75) is 20.3 Å². The van der Waals surface area contributed by atoms with Crippen LogP contribution in [0.25, 0.3) is 0 Å². The average Bonchev–Trinajstić information content (AvgIpc) is 2.38. The highest BCUT2D eigenvalue weighted by molar-refractivity contribution is 7.88. The highest BCUT2D eigenvalue weighted by atomic mass is 32.2. The zero-order chi connectivity index (χ0) is 12.2. The summed E-state index contributed by atoms with van der Waals surface area (Å²) in [5, 5.41) is 0. The fraction of sp³-hybridized carbons (Fsp3) is 0.818. The lowest BCUT2D eigenvalue weighted by molar-refractivity contribution is 0.316. The second-order valence-corrected chi connectivity index (χ2v) is 6.58. The van der Waals surface area contributed by atoms with Gasteiger partial charge in [0.1, 0.15) is 0 Å². The summed E-state index contributed by atoms with van der Waals surface area (Å²) in [4.78, 5) is 2.30. The molecule has 0 N–H and O–H groups in total. The van der Waals surface area contributed by atoms with Crippen molar-refractivity contribution in [1.82, 2.24) is 9.21 Å². The highest BCUT2D eigenvalue weighted by Crippen LogP contribution is 2.07. The summed E-state index contributed by atoms with van der Waals surface area (Å²) in [6.45, 7) is 8.19. The van der Waals surface area contributed by atoms with E-state index in [9.17, 15) is 8.42 Å². The van der Waals surface area contributed by atoms with E-state index in [1.54, 1.807) is 4.31 Å². The van der Waals surface area contributed by atoms with Crippen molar-refractivity contribution in [3.05, 3.63) is 11.6 Å². The van der Waals surface area contributed by atoms with E-state index in [0.29, 0.717) is 13.1 Å². The molecule has 16 heavy (non-hydrogen) atoms. The highest BCUT2D eigenvalue weighted by Gasteiger charge is 2.20. The van der Waals surface area contributed by atoms with E-state index in [0.717, 1.165) is 26.1 Å². The minimum atomic E-state index is -3.01. The van der Waals surface area contributed by atoms with Crippen LogP contribution in [0.4, 0.5) is 0 Å². The molecule has 4 nitrogen and oxygen atoms in total. The summed E-state index contributed by atoms with van der Waals surface area (Å²) in [5.74, 6) is 0. The van der Waals surface area contributed by atoms with Gasteiger partial charge in [0.15, 0.2) is 0 Å². The van der Waals surface area contributed by atoms with Crippen molar-refractivity contribution in [2.24, 2.45) is 0 Å². The monoisotopic (exact) mass is 246 g/mol. The minimum Gasteiger partial charge on any atom is -0.298 e. The van der Waals surface area contributed by atoms with Crippen LogP contribution in [0, 0.1) is 0 Å². The Balaban J connectivity index is 2.50. The maximum atomic E-state index is 11.4. The average molecular weight is 246 g/mol. The molecule has 0 saturated carbocycles. The van der Waals surface area contributed by atoms with Crippen LogP contribution in [-0.4, -0.2) is 56.6 Å². The SMILES string of the molecule is CC(C)=CCN1CCCN(S(C)(=O)=O)CC1. The summed E-state index contributed by atoms with van der Waals surface area (Å²) < 4.78 is 24.4.